The number of rotatable bonds is 6. The normalized spacial score (nSPS) is 14.7. The van der Waals surface area contributed by atoms with Crippen LogP contribution in [0.3, 0.4) is 0 Å². The molecule has 1 atom stereocenters. The smallest absolute Gasteiger partial charge is 0.475 e. The first-order chi connectivity index (χ1) is 21.4. The van der Waals surface area contributed by atoms with Crippen LogP contribution in [0.2, 0.25) is 0 Å². The Hall–Kier alpha value is -4.87. The van der Waals surface area contributed by atoms with Gasteiger partial charge in [0.15, 0.2) is 0 Å². The number of hydrogen-bond acceptors (Lipinski definition) is 7. The third-order valence-electron chi connectivity index (χ3n) is 6.19. The number of carbonyl (C=O) groups is 3. The minimum Gasteiger partial charge on any atom is -0.475 e. The molecular formula is C28H28F7N5O6. The zero-order valence-electron chi connectivity index (χ0n) is 24.0. The highest BCUT2D eigenvalue weighted by Crippen LogP contribution is 2.18. The van der Waals surface area contributed by atoms with Crippen molar-refractivity contribution >= 4 is 17.8 Å². The minimum absolute atomic E-state index is 0.0599. The number of aromatic nitrogens is 3. The number of piperazine rings is 1. The zero-order chi connectivity index (χ0) is 34.7. The maximum Gasteiger partial charge on any atom is 0.490 e. The van der Waals surface area contributed by atoms with Crippen molar-refractivity contribution in [2.45, 2.75) is 44.6 Å². The molecule has 18 heteroatoms. The Morgan fingerprint density at radius 3 is 2.17 bits per heavy atom. The summed E-state index contributed by atoms with van der Waals surface area (Å²) in [6.45, 7) is 3.57. The van der Waals surface area contributed by atoms with E-state index in [4.69, 9.17) is 19.8 Å². The van der Waals surface area contributed by atoms with Crippen LogP contribution in [0.15, 0.2) is 53.6 Å². The van der Waals surface area contributed by atoms with E-state index in [0.29, 0.717) is 43.7 Å². The van der Waals surface area contributed by atoms with E-state index >= 15 is 0 Å². The van der Waals surface area contributed by atoms with Gasteiger partial charge in [0.2, 0.25) is 0 Å². The molecule has 1 unspecified atom stereocenters. The Morgan fingerprint density at radius 2 is 1.63 bits per heavy atom. The number of aryl methyl sites for hydroxylation is 1. The number of hydrogen-bond donors (Lipinski definition) is 4. The molecule has 0 spiro atoms. The number of amides is 1. The van der Waals surface area contributed by atoms with Gasteiger partial charge in [0.05, 0.1) is 11.3 Å². The van der Waals surface area contributed by atoms with E-state index in [0.717, 1.165) is 17.5 Å². The summed E-state index contributed by atoms with van der Waals surface area (Å²) in [5.41, 5.74) is 3.03. The molecular weight excluding hydrogens is 635 g/mol. The summed E-state index contributed by atoms with van der Waals surface area (Å²) in [6.07, 6.45) is -4.87. The van der Waals surface area contributed by atoms with E-state index in [-0.39, 0.29) is 23.1 Å². The van der Waals surface area contributed by atoms with Crippen LogP contribution in [0.5, 0.6) is 0 Å². The van der Waals surface area contributed by atoms with Crippen molar-refractivity contribution in [1.29, 1.82) is 0 Å². The van der Waals surface area contributed by atoms with E-state index in [1.165, 1.54) is 6.07 Å². The van der Waals surface area contributed by atoms with Gasteiger partial charge in [-0.3, -0.25) is 14.6 Å². The predicted molar refractivity (Wildman–Crippen MR) is 146 cm³/mol. The van der Waals surface area contributed by atoms with Crippen LogP contribution in [0.25, 0.3) is 0 Å². The van der Waals surface area contributed by atoms with Gasteiger partial charge in [-0.1, -0.05) is 19.1 Å². The number of nitrogens with zero attached hydrogens (tertiary/aromatic N) is 3. The first-order valence-corrected chi connectivity index (χ1v) is 13.3. The van der Waals surface area contributed by atoms with Crippen LogP contribution in [-0.4, -0.2) is 86.2 Å². The second-order valence-corrected chi connectivity index (χ2v) is 9.63. The number of H-pyrrole nitrogens is 1. The average Bonchev–Trinajstić information content (AvgIpc) is 2.99. The molecule has 3 aromatic rings. The van der Waals surface area contributed by atoms with Gasteiger partial charge in [-0.05, 0) is 48.2 Å². The molecule has 250 valence electrons. The van der Waals surface area contributed by atoms with Crippen LogP contribution in [0.4, 0.5) is 30.7 Å². The maximum atomic E-state index is 14.6. The van der Waals surface area contributed by atoms with E-state index < -0.39 is 30.1 Å². The van der Waals surface area contributed by atoms with Crippen LogP contribution >= 0.6 is 0 Å². The number of alkyl halides is 6. The van der Waals surface area contributed by atoms with Crippen LogP contribution in [-0.2, 0) is 28.9 Å². The van der Waals surface area contributed by atoms with Gasteiger partial charge in [-0.2, -0.15) is 31.4 Å². The quantitative estimate of drug-likeness (QED) is 0.290. The topological polar surface area (TPSA) is 166 Å². The number of pyridine rings is 1. The highest BCUT2D eigenvalue weighted by Gasteiger charge is 2.39. The molecule has 2 aromatic heterocycles. The fraction of sp³-hybridized carbons (Fsp3) is 0.357. The molecule has 3 heterocycles. The van der Waals surface area contributed by atoms with Crippen LogP contribution in [0, 0.1) is 5.82 Å². The summed E-state index contributed by atoms with van der Waals surface area (Å²) in [5, 5.41) is 24.3. The first kappa shape index (κ1) is 37.3. The van der Waals surface area contributed by atoms with Crippen molar-refractivity contribution < 1.29 is 55.3 Å². The second kappa shape index (κ2) is 16.4. The molecule has 4 rings (SSSR count). The molecule has 11 nitrogen and oxygen atoms in total. The van der Waals surface area contributed by atoms with Gasteiger partial charge in [0, 0.05) is 50.1 Å². The molecule has 0 aliphatic carbocycles. The standard InChI is InChI=1S/C24H26FN5O2.2C2HF3O2/c1-2-18-13-19(28-29-23(18)31)10-16-5-6-22(25)21(12-16)24(32)30-9-8-27-20(15-30)11-17-4-3-7-26-14-17;2*3-2(4,5)1(6)7/h3-7,12-14,20,27H,2,8-11,15H2,1H3,(H,29,31);2*(H,6,7). The number of carboxylic acid groups (broad SMARTS) is 2. The van der Waals surface area contributed by atoms with E-state index in [1.807, 2.05) is 25.3 Å². The highest BCUT2D eigenvalue weighted by atomic mass is 19.4. The van der Waals surface area contributed by atoms with Crippen molar-refractivity contribution in [1.82, 2.24) is 25.4 Å². The third kappa shape index (κ3) is 11.9. The Balaban J connectivity index is 0.000000440. The monoisotopic (exact) mass is 663 g/mol. The molecule has 46 heavy (non-hydrogen) atoms. The number of benzene rings is 1. The SMILES string of the molecule is CCc1cc(Cc2ccc(F)c(C(=O)N3CCNC(Cc4cccnc4)C3)c2)n[nH]c1=O.O=C(O)C(F)(F)F.O=C(O)C(F)(F)F. The van der Waals surface area contributed by atoms with Crippen molar-refractivity contribution in [3.63, 3.8) is 0 Å². The summed E-state index contributed by atoms with van der Waals surface area (Å²) >= 11 is 0. The van der Waals surface area contributed by atoms with Gasteiger partial charge < -0.3 is 20.4 Å². The number of nitrogens with one attached hydrogen (secondary N) is 2. The molecule has 0 saturated carbocycles. The molecule has 1 fully saturated rings. The number of aliphatic carboxylic acids is 2. The van der Waals surface area contributed by atoms with Gasteiger partial charge in [0.25, 0.3) is 11.5 Å². The number of carboxylic acids is 2. The Bertz CT molecular complexity index is 1520. The lowest BCUT2D eigenvalue weighted by Gasteiger charge is -2.34. The highest BCUT2D eigenvalue weighted by molar-refractivity contribution is 5.94. The van der Waals surface area contributed by atoms with Crippen molar-refractivity contribution in [3.05, 3.63) is 92.9 Å². The molecule has 1 amide bonds. The molecule has 1 aliphatic heterocycles. The van der Waals surface area contributed by atoms with E-state index in [2.05, 4.69) is 20.5 Å². The fourth-order valence-electron chi connectivity index (χ4n) is 4.02. The minimum atomic E-state index is -5.08. The predicted octanol–water partition coefficient (Wildman–Crippen LogP) is 3.38. The zero-order valence-corrected chi connectivity index (χ0v) is 24.0. The fourth-order valence-corrected chi connectivity index (χ4v) is 4.02. The summed E-state index contributed by atoms with van der Waals surface area (Å²) in [4.78, 5) is 48.5. The van der Waals surface area contributed by atoms with Crippen molar-refractivity contribution in [2.75, 3.05) is 19.6 Å². The Morgan fingerprint density at radius 1 is 1.00 bits per heavy atom. The first-order valence-electron chi connectivity index (χ1n) is 13.3. The lowest BCUT2D eigenvalue weighted by Crippen LogP contribution is -2.53. The van der Waals surface area contributed by atoms with Crippen molar-refractivity contribution in [3.8, 4) is 0 Å². The molecule has 1 saturated heterocycles. The summed E-state index contributed by atoms with van der Waals surface area (Å²) in [5.74, 6) is -6.37. The van der Waals surface area contributed by atoms with Gasteiger partial charge in [0.1, 0.15) is 5.82 Å². The van der Waals surface area contributed by atoms with Crippen LogP contribution in [0.1, 0.15) is 39.7 Å². The molecule has 1 aliphatic rings. The lowest BCUT2D eigenvalue weighted by atomic mass is 10.0. The number of carbonyl (C=O) groups excluding carboxylic acids is 1. The number of halogens is 7. The summed E-state index contributed by atoms with van der Waals surface area (Å²) < 4.78 is 78.1. The van der Waals surface area contributed by atoms with Gasteiger partial charge in [-0.25, -0.2) is 19.1 Å². The largest absolute Gasteiger partial charge is 0.490 e. The third-order valence-corrected chi connectivity index (χ3v) is 6.19. The molecule has 0 radical (unpaired) electrons. The molecule has 4 N–H and O–H groups in total. The van der Waals surface area contributed by atoms with E-state index in [9.17, 15) is 40.3 Å². The van der Waals surface area contributed by atoms with Crippen LogP contribution < -0.4 is 10.9 Å². The maximum absolute atomic E-state index is 14.6. The average molecular weight is 664 g/mol. The Kier molecular flexibility index (Phi) is 13.3. The van der Waals surface area contributed by atoms with Crippen molar-refractivity contribution in [2.24, 2.45) is 0 Å². The Labute approximate surface area is 256 Å². The lowest BCUT2D eigenvalue weighted by molar-refractivity contribution is -0.193. The summed E-state index contributed by atoms with van der Waals surface area (Å²) in [6, 6.07) is 10.3. The van der Waals surface area contributed by atoms with E-state index in [1.54, 1.807) is 29.3 Å². The second-order valence-electron chi connectivity index (χ2n) is 9.63. The van der Waals surface area contributed by atoms with Gasteiger partial charge >= 0.3 is 24.3 Å². The molecule has 1 aromatic carbocycles. The molecule has 0 bridgehead atoms. The summed E-state index contributed by atoms with van der Waals surface area (Å²) in [7, 11) is 0. The van der Waals surface area contributed by atoms with Gasteiger partial charge in [-0.15, -0.1) is 0 Å². The number of aromatic amines is 1.